The van der Waals surface area contributed by atoms with Gasteiger partial charge in [-0.2, -0.15) is 0 Å². The summed E-state index contributed by atoms with van der Waals surface area (Å²) in [5.74, 6) is 6.26. The molecule has 0 aliphatic heterocycles. The third-order valence-corrected chi connectivity index (χ3v) is 10.0. The standard InChI is InChI=1S/C38H47FO3Si/c1-9-38(10-2,32-16-15-29(27(3)23-32)19-22-37(20-11-12-21-37)42-43(6,7)8)33-17-18-34(28(4)24-33)30-13-14-31(35(39)25-30)26-36(40)41-5/h13-18,23-25H,9-12,20-21,26H2,1-8H3. The first kappa shape index (κ1) is 32.7. The van der Waals surface area contributed by atoms with E-state index in [1.807, 2.05) is 6.07 Å². The van der Waals surface area contributed by atoms with Crippen molar-refractivity contribution in [3.05, 3.63) is 93.8 Å². The number of esters is 1. The zero-order chi connectivity index (χ0) is 31.4. The van der Waals surface area contributed by atoms with E-state index in [1.165, 1.54) is 42.7 Å². The maximum Gasteiger partial charge on any atom is 0.310 e. The SMILES string of the molecule is CCC(CC)(c1ccc(C#CC2(O[Si](C)(C)C)CCCC2)c(C)c1)c1ccc(-c2ccc(CC(=O)OC)c(F)c2)c(C)c1. The van der Waals surface area contributed by atoms with E-state index >= 15 is 0 Å². The van der Waals surface area contributed by atoms with Crippen LogP contribution in [0.5, 0.6) is 0 Å². The minimum absolute atomic E-state index is 0.0764. The topological polar surface area (TPSA) is 35.5 Å². The molecule has 1 aliphatic rings. The number of hydrogen-bond acceptors (Lipinski definition) is 3. The van der Waals surface area contributed by atoms with Crippen LogP contribution in [-0.2, 0) is 25.8 Å². The van der Waals surface area contributed by atoms with Crippen molar-refractivity contribution in [3.8, 4) is 23.0 Å². The zero-order valence-electron chi connectivity index (χ0n) is 27.2. The van der Waals surface area contributed by atoms with Gasteiger partial charge in [0.05, 0.1) is 13.5 Å². The molecule has 0 amide bonds. The summed E-state index contributed by atoms with van der Waals surface area (Å²) >= 11 is 0. The van der Waals surface area contributed by atoms with Gasteiger partial charge < -0.3 is 9.16 Å². The van der Waals surface area contributed by atoms with Crippen molar-refractivity contribution in [2.75, 3.05) is 7.11 Å². The highest BCUT2D eigenvalue weighted by Crippen LogP contribution is 2.41. The van der Waals surface area contributed by atoms with Gasteiger partial charge in [-0.1, -0.05) is 68.2 Å². The van der Waals surface area contributed by atoms with Crippen molar-refractivity contribution >= 4 is 14.3 Å². The van der Waals surface area contributed by atoms with E-state index < -0.39 is 20.1 Å². The first-order valence-corrected chi connectivity index (χ1v) is 19.1. The predicted octanol–water partition coefficient (Wildman–Crippen LogP) is 9.45. The van der Waals surface area contributed by atoms with E-state index in [2.05, 4.69) is 95.6 Å². The van der Waals surface area contributed by atoms with Crippen molar-refractivity contribution in [2.24, 2.45) is 0 Å². The first-order valence-electron chi connectivity index (χ1n) is 15.7. The van der Waals surface area contributed by atoms with Gasteiger partial charge in [0.1, 0.15) is 11.4 Å². The van der Waals surface area contributed by atoms with Crippen molar-refractivity contribution in [3.63, 3.8) is 0 Å². The minimum atomic E-state index is -1.71. The molecular weight excluding hydrogens is 551 g/mol. The molecule has 3 aromatic rings. The number of aryl methyl sites for hydroxylation is 2. The molecule has 1 fully saturated rings. The molecule has 0 atom stereocenters. The third-order valence-electron chi connectivity index (χ3n) is 9.03. The molecule has 43 heavy (non-hydrogen) atoms. The molecule has 0 spiro atoms. The lowest BCUT2D eigenvalue weighted by Crippen LogP contribution is -2.39. The Bertz CT molecular complexity index is 1530. The van der Waals surface area contributed by atoms with Gasteiger partial charge in [0, 0.05) is 11.0 Å². The molecular formula is C38H47FO3Si. The molecule has 0 radical (unpaired) electrons. The molecule has 3 aromatic carbocycles. The molecule has 0 saturated heterocycles. The van der Waals surface area contributed by atoms with E-state index in [4.69, 9.17) is 9.16 Å². The molecule has 0 unspecified atom stereocenters. The fourth-order valence-electron chi connectivity index (χ4n) is 6.67. The van der Waals surface area contributed by atoms with E-state index in [1.54, 1.807) is 6.07 Å². The van der Waals surface area contributed by atoms with Crippen LogP contribution in [0.2, 0.25) is 19.6 Å². The number of ether oxygens (including phenoxy) is 1. The molecule has 0 heterocycles. The minimum Gasteiger partial charge on any atom is -0.469 e. The van der Waals surface area contributed by atoms with Gasteiger partial charge >= 0.3 is 5.97 Å². The zero-order valence-corrected chi connectivity index (χ0v) is 28.2. The highest BCUT2D eigenvalue weighted by molar-refractivity contribution is 6.69. The Kier molecular flexibility index (Phi) is 10.0. The second-order valence-electron chi connectivity index (χ2n) is 13.1. The number of carbonyl (C=O) groups is 1. The van der Waals surface area contributed by atoms with Crippen molar-refractivity contribution in [1.29, 1.82) is 0 Å². The van der Waals surface area contributed by atoms with Crippen LogP contribution in [0.15, 0.2) is 54.6 Å². The van der Waals surface area contributed by atoms with Gasteiger partial charge in [-0.05, 0) is 123 Å². The summed E-state index contributed by atoms with van der Waals surface area (Å²) in [5, 5.41) is 0. The van der Waals surface area contributed by atoms with E-state index in [0.717, 1.165) is 47.9 Å². The number of methoxy groups -OCH3 is 1. The van der Waals surface area contributed by atoms with Gasteiger partial charge in [0.15, 0.2) is 8.32 Å². The molecule has 0 bridgehead atoms. The fraction of sp³-hybridized carbons (Fsp3) is 0.447. The Morgan fingerprint density at radius 2 is 1.56 bits per heavy atom. The number of rotatable bonds is 9. The lowest BCUT2D eigenvalue weighted by Gasteiger charge is -2.34. The number of benzene rings is 3. The summed E-state index contributed by atoms with van der Waals surface area (Å²) < 4.78 is 26.2. The third kappa shape index (κ3) is 7.31. The van der Waals surface area contributed by atoms with Crippen molar-refractivity contribution < 1.29 is 18.3 Å². The van der Waals surface area contributed by atoms with E-state index in [9.17, 15) is 9.18 Å². The fourth-order valence-corrected chi connectivity index (χ4v) is 8.10. The molecule has 228 valence electrons. The molecule has 1 saturated carbocycles. The predicted molar refractivity (Wildman–Crippen MR) is 177 cm³/mol. The van der Waals surface area contributed by atoms with Crippen LogP contribution in [0.3, 0.4) is 0 Å². The van der Waals surface area contributed by atoms with Gasteiger partial charge in [-0.25, -0.2) is 4.39 Å². The molecule has 0 aromatic heterocycles. The van der Waals surface area contributed by atoms with Gasteiger partial charge in [-0.3, -0.25) is 4.79 Å². The number of carbonyl (C=O) groups excluding carboxylic acids is 1. The Labute approximate surface area is 259 Å². The quantitative estimate of drug-likeness (QED) is 0.140. The lowest BCUT2D eigenvalue weighted by molar-refractivity contribution is -0.139. The second kappa shape index (κ2) is 13.2. The Balaban J connectivity index is 1.65. The first-order chi connectivity index (χ1) is 20.3. The average Bonchev–Trinajstić information content (AvgIpc) is 3.41. The molecule has 1 aliphatic carbocycles. The van der Waals surface area contributed by atoms with Crippen molar-refractivity contribution in [2.45, 2.75) is 103 Å². The van der Waals surface area contributed by atoms with Gasteiger partial charge in [-0.15, -0.1) is 0 Å². The van der Waals surface area contributed by atoms with Gasteiger partial charge in [0.25, 0.3) is 0 Å². The lowest BCUT2D eigenvalue weighted by atomic mass is 9.69. The van der Waals surface area contributed by atoms with E-state index in [0.29, 0.717) is 5.56 Å². The van der Waals surface area contributed by atoms with Crippen LogP contribution in [0, 0.1) is 31.5 Å². The largest absolute Gasteiger partial charge is 0.469 e. The van der Waals surface area contributed by atoms with Crippen LogP contribution in [-0.4, -0.2) is 27.0 Å². The molecule has 5 heteroatoms. The molecule has 0 N–H and O–H groups in total. The van der Waals surface area contributed by atoms with Crippen LogP contribution < -0.4 is 0 Å². The monoisotopic (exact) mass is 598 g/mol. The van der Waals surface area contributed by atoms with Crippen molar-refractivity contribution in [1.82, 2.24) is 0 Å². The Hall–Kier alpha value is -3.20. The highest BCUT2D eigenvalue weighted by atomic mass is 28.4. The highest BCUT2D eigenvalue weighted by Gasteiger charge is 2.37. The maximum atomic E-state index is 14.8. The smallest absolute Gasteiger partial charge is 0.310 e. The summed E-state index contributed by atoms with van der Waals surface area (Å²) in [7, 11) is -0.397. The summed E-state index contributed by atoms with van der Waals surface area (Å²) in [6, 6.07) is 18.4. The maximum absolute atomic E-state index is 14.8. The summed E-state index contributed by atoms with van der Waals surface area (Å²) in [4.78, 5) is 11.6. The second-order valence-corrected chi connectivity index (χ2v) is 17.5. The number of halogens is 1. The summed E-state index contributed by atoms with van der Waals surface area (Å²) in [6.45, 7) is 15.5. The Morgan fingerprint density at radius 1 is 0.930 bits per heavy atom. The number of hydrogen-bond donors (Lipinski definition) is 0. The molecule has 3 nitrogen and oxygen atoms in total. The Morgan fingerprint density at radius 3 is 2.09 bits per heavy atom. The van der Waals surface area contributed by atoms with Crippen LogP contribution in [0.1, 0.15) is 85.8 Å². The van der Waals surface area contributed by atoms with Crippen LogP contribution in [0.25, 0.3) is 11.1 Å². The average molecular weight is 599 g/mol. The van der Waals surface area contributed by atoms with Gasteiger partial charge in [0.2, 0.25) is 0 Å². The van der Waals surface area contributed by atoms with Crippen LogP contribution >= 0.6 is 0 Å². The molecule has 4 rings (SSSR count). The summed E-state index contributed by atoms with van der Waals surface area (Å²) in [5.41, 5.74) is 7.57. The normalized spacial score (nSPS) is 14.7. The van der Waals surface area contributed by atoms with Crippen LogP contribution in [0.4, 0.5) is 4.39 Å². The van der Waals surface area contributed by atoms with E-state index in [-0.39, 0.29) is 17.4 Å². The summed E-state index contributed by atoms with van der Waals surface area (Å²) in [6.07, 6.45) is 6.24.